The summed E-state index contributed by atoms with van der Waals surface area (Å²) in [6, 6.07) is 1.53. The third-order valence-corrected chi connectivity index (χ3v) is 2.87. The number of alkyl halides is 3. The van der Waals surface area contributed by atoms with E-state index >= 15 is 0 Å². The van der Waals surface area contributed by atoms with Crippen molar-refractivity contribution in [2.75, 3.05) is 0 Å². The van der Waals surface area contributed by atoms with Crippen LogP contribution in [0.25, 0.3) is 5.82 Å². The number of halogens is 3. The van der Waals surface area contributed by atoms with Crippen molar-refractivity contribution >= 4 is 5.97 Å². The fraction of sp³-hybridized carbons (Fsp3) is 0.308. The molecular weight excluding hydrogens is 287 g/mol. The first-order valence-corrected chi connectivity index (χ1v) is 6.09. The molecule has 0 spiro atoms. The Bertz CT molecular complexity index is 692. The topological polar surface area (TPSA) is 68.0 Å². The van der Waals surface area contributed by atoms with Crippen molar-refractivity contribution in [1.29, 1.82) is 0 Å². The van der Waals surface area contributed by atoms with Crippen LogP contribution < -0.4 is 0 Å². The molecule has 0 amide bonds. The number of hydrogen-bond donors (Lipinski definition) is 1. The molecule has 0 fully saturated rings. The van der Waals surface area contributed by atoms with Crippen LogP contribution in [-0.4, -0.2) is 25.6 Å². The zero-order valence-corrected chi connectivity index (χ0v) is 11.3. The van der Waals surface area contributed by atoms with Crippen LogP contribution >= 0.6 is 0 Å². The average Bonchev–Trinajstić information content (AvgIpc) is 2.83. The number of hydrogen-bond acceptors (Lipinski definition) is 3. The second kappa shape index (κ2) is 5.19. The molecule has 2 rings (SSSR count). The Kier molecular flexibility index (Phi) is 3.71. The molecule has 21 heavy (non-hydrogen) atoms. The van der Waals surface area contributed by atoms with E-state index in [1.807, 2.05) is 6.92 Å². The third-order valence-electron chi connectivity index (χ3n) is 2.87. The maximum Gasteiger partial charge on any atom is 0.418 e. The van der Waals surface area contributed by atoms with E-state index < -0.39 is 23.3 Å². The van der Waals surface area contributed by atoms with E-state index in [4.69, 9.17) is 5.11 Å². The number of aromatic carboxylic acids is 1. The Balaban J connectivity index is 2.60. The summed E-state index contributed by atoms with van der Waals surface area (Å²) in [5.41, 5.74) is -1.35. The summed E-state index contributed by atoms with van der Waals surface area (Å²) in [5.74, 6) is -1.02. The monoisotopic (exact) mass is 299 g/mol. The van der Waals surface area contributed by atoms with Crippen LogP contribution in [0.2, 0.25) is 0 Å². The van der Waals surface area contributed by atoms with E-state index in [1.54, 1.807) is 6.92 Å². The molecule has 5 nitrogen and oxygen atoms in total. The first-order valence-electron chi connectivity index (χ1n) is 6.09. The van der Waals surface area contributed by atoms with Gasteiger partial charge in [0.25, 0.3) is 0 Å². The highest BCUT2D eigenvalue weighted by atomic mass is 19.4. The lowest BCUT2D eigenvalue weighted by molar-refractivity contribution is -0.138. The Morgan fingerprint density at radius 1 is 1.33 bits per heavy atom. The molecule has 112 valence electrons. The van der Waals surface area contributed by atoms with E-state index in [1.165, 1.54) is 6.07 Å². The van der Waals surface area contributed by atoms with Gasteiger partial charge in [-0.3, -0.25) is 0 Å². The fourth-order valence-electron chi connectivity index (χ4n) is 1.91. The number of aromatic nitrogens is 3. The SMILES string of the molecule is CCc1cc(-n2cc(C(=O)O)c(C(F)(F)F)c2)nc(C)n1. The van der Waals surface area contributed by atoms with E-state index in [-0.39, 0.29) is 5.82 Å². The average molecular weight is 299 g/mol. The molecule has 0 saturated heterocycles. The van der Waals surface area contributed by atoms with Crippen LogP contribution in [0.1, 0.15) is 34.4 Å². The number of aryl methyl sites for hydroxylation is 2. The summed E-state index contributed by atoms with van der Waals surface area (Å²) in [6.07, 6.45) is -2.51. The maximum atomic E-state index is 12.9. The quantitative estimate of drug-likeness (QED) is 0.946. The molecule has 0 aromatic carbocycles. The molecule has 2 heterocycles. The van der Waals surface area contributed by atoms with E-state index in [9.17, 15) is 18.0 Å². The summed E-state index contributed by atoms with van der Waals surface area (Å²) < 4.78 is 39.6. The van der Waals surface area contributed by atoms with Gasteiger partial charge in [-0.1, -0.05) is 6.92 Å². The van der Waals surface area contributed by atoms with Gasteiger partial charge in [0, 0.05) is 24.2 Å². The van der Waals surface area contributed by atoms with Gasteiger partial charge >= 0.3 is 12.1 Å². The van der Waals surface area contributed by atoms with Gasteiger partial charge in [0.05, 0.1) is 11.1 Å². The minimum atomic E-state index is -4.74. The normalized spacial score (nSPS) is 11.7. The molecule has 0 unspecified atom stereocenters. The van der Waals surface area contributed by atoms with Crippen LogP contribution in [0.15, 0.2) is 18.5 Å². The van der Waals surface area contributed by atoms with Gasteiger partial charge in [-0.2, -0.15) is 13.2 Å². The lowest BCUT2D eigenvalue weighted by Crippen LogP contribution is -2.09. The predicted molar refractivity (Wildman–Crippen MR) is 67.4 cm³/mol. The Morgan fingerprint density at radius 2 is 2.00 bits per heavy atom. The van der Waals surface area contributed by atoms with Gasteiger partial charge in [-0.05, 0) is 13.3 Å². The highest BCUT2D eigenvalue weighted by Gasteiger charge is 2.37. The molecular formula is C13H12F3N3O2. The van der Waals surface area contributed by atoms with Crippen molar-refractivity contribution in [2.24, 2.45) is 0 Å². The molecule has 0 atom stereocenters. The zero-order chi connectivity index (χ0) is 15.8. The lowest BCUT2D eigenvalue weighted by Gasteiger charge is -2.06. The highest BCUT2D eigenvalue weighted by Crippen LogP contribution is 2.33. The molecule has 8 heteroatoms. The molecule has 0 radical (unpaired) electrons. The largest absolute Gasteiger partial charge is 0.478 e. The van der Waals surface area contributed by atoms with Crippen LogP contribution in [0.3, 0.4) is 0 Å². The van der Waals surface area contributed by atoms with Crippen LogP contribution in [0.5, 0.6) is 0 Å². The highest BCUT2D eigenvalue weighted by molar-refractivity contribution is 5.89. The van der Waals surface area contributed by atoms with E-state index in [2.05, 4.69) is 9.97 Å². The summed E-state index contributed by atoms with van der Waals surface area (Å²) in [5, 5.41) is 8.90. The standard InChI is InChI=1S/C13H12F3N3O2/c1-3-8-4-11(18-7(2)17-8)19-5-9(12(20)21)10(6-19)13(14,15)16/h4-6H,3H2,1-2H3,(H,20,21). The molecule has 1 N–H and O–H groups in total. The number of carboxylic acids is 1. The minimum Gasteiger partial charge on any atom is -0.478 e. The van der Waals surface area contributed by atoms with Crippen molar-refractivity contribution in [3.8, 4) is 5.82 Å². The summed E-state index contributed by atoms with van der Waals surface area (Å²) >= 11 is 0. The van der Waals surface area contributed by atoms with Crippen LogP contribution in [0, 0.1) is 6.92 Å². The molecule has 2 aromatic rings. The molecule has 0 bridgehead atoms. The predicted octanol–water partition coefficient (Wildman–Crippen LogP) is 2.86. The van der Waals surface area contributed by atoms with Crippen molar-refractivity contribution < 1.29 is 23.1 Å². The Morgan fingerprint density at radius 3 is 2.48 bits per heavy atom. The molecule has 0 saturated carbocycles. The number of rotatable bonds is 3. The summed E-state index contributed by atoms with van der Waals surface area (Å²) in [4.78, 5) is 19.1. The smallest absolute Gasteiger partial charge is 0.418 e. The van der Waals surface area contributed by atoms with Crippen molar-refractivity contribution in [1.82, 2.24) is 14.5 Å². The second-order valence-corrected chi connectivity index (χ2v) is 4.41. The van der Waals surface area contributed by atoms with Gasteiger partial charge in [-0.25, -0.2) is 14.8 Å². The van der Waals surface area contributed by atoms with E-state index in [0.29, 0.717) is 17.9 Å². The van der Waals surface area contributed by atoms with Gasteiger partial charge < -0.3 is 9.67 Å². The second-order valence-electron chi connectivity index (χ2n) is 4.41. The molecule has 0 aliphatic carbocycles. The van der Waals surface area contributed by atoms with Crippen LogP contribution in [-0.2, 0) is 12.6 Å². The number of carbonyl (C=O) groups is 1. The number of nitrogens with zero attached hydrogens (tertiary/aromatic N) is 3. The van der Waals surface area contributed by atoms with Gasteiger partial charge in [-0.15, -0.1) is 0 Å². The maximum absolute atomic E-state index is 12.9. The zero-order valence-electron chi connectivity index (χ0n) is 11.3. The number of carboxylic acid groups (broad SMARTS) is 1. The third kappa shape index (κ3) is 3.04. The lowest BCUT2D eigenvalue weighted by atomic mass is 10.2. The van der Waals surface area contributed by atoms with Crippen molar-refractivity contribution in [3.05, 3.63) is 41.1 Å². The van der Waals surface area contributed by atoms with Crippen molar-refractivity contribution in [2.45, 2.75) is 26.4 Å². The fourth-order valence-corrected chi connectivity index (χ4v) is 1.91. The van der Waals surface area contributed by atoms with Gasteiger partial charge in [0.2, 0.25) is 0 Å². The molecule has 0 aliphatic rings. The Hall–Kier alpha value is -2.38. The first kappa shape index (κ1) is 15.0. The minimum absolute atomic E-state index is 0.206. The van der Waals surface area contributed by atoms with Crippen LogP contribution in [0.4, 0.5) is 13.2 Å². The summed E-state index contributed by atoms with van der Waals surface area (Å²) in [6.45, 7) is 3.47. The Labute approximate surface area is 118 Å². The molecule has 2 aromatic heterocycles. The summed E-state index contributed by atoms with van der Waals surface area (Å²) in [7, 11) is 0. The van der Waals surface area contributed by atoms with Crippen molar-refractivity contribution in [3.63, 3.8) is 0 Å². The van der Waals surface area contributed by atoms with Gasteiger partial charge in [0.15, 0.2) is 0 Å². The molecule has 0 aliphatic heterocycles. The first-order chi connectivity index (χ1) is 9.72. The van der Waals surface area contributed by atoms with E-state index in [0.717, 1.165) is 17.0 Å². The van der Waals surface area contributed by atoms with Gasteiger partial charge in [0.1, 0.15) is 11.6 Å².